The second-order valence-electron chi connectivity index (χ2n) is 5.68. The largest absolute Gasteiger partial charge is 0.342 e. The highest BCUT2D eigenvalue weighted by Crippen LogP contribution is 2.29. The summed E-state index contributed by atoms with van der Waals surface area (Å²) in [5, 5.41) is 3.43. The molecule has 0 radical (unpaired) electrons. The van der Waals surface area contributed by atoms with Crippen molar-refractivity contribution in [2.24, 2.45) is 0 Å². The molecule has 0 aromatic heterocycles. The number of hydrogen-bond acceptors (Lipinski definition) is 2. The number of rotatable bonds is 5. The van der Waals surface area contributed by atoms with Gasteiger partial charge in [-0.2, -0.15) is 0 Å². The maximum Gasteiger partial charge on any atom is 0.146 e. The van der Waals surface area contributed by atoms with Crippen LogP contribution in [0.4, 0.5) is 15.8 Å². The number of anilines is 2. The molecule has 2 aromatic carbocycles. The second-order valence-corrected chi connectivity index (χ2v) is 5.68. The number of halogens is 1. The van der Waals surface area contributed by atoms with Crippen molar-refractivity contribution in [3.05, 3.63) is 59.4 Å². The molecule has 0 heterocycles. The summed E-state index contributed by atoms with van der Waals surface area (Å²) in [6, 6.07) is 13.5. The molecule has 2 aromatic rings. The van der Waals surface area contributed by atoms with Crippen LogP contribution in [0.3, 0.4) is 0 Å². The zero-order valence-corrected chi connectivity index (χ0v) is 13.2. The molecule has 0 aliphatic heterocycles. The lowest BCUT2D eigenvalue weighted by molar-refractivity contribution is 0.588. The van der Waals surface area contributed by atoms with Crippen molar-refractivity contribution < 1.29 is 4.39 Å². The Morgan fingerprint density at radius 3 is 2.48 bits per heavy atom. The lowest BCUT2D eigenvalue weighted by Crippen LogP contribution is -2.23. The fourth-order valence-corrected chi connectivity index (χ4v) is 2.35. The van der Waals surface area contributed by atoms with E-state index in [1.54, 1.807) is 12.1 Å². The van der Waals surface area contributed by atoms with E-state index in [-0.39, 0.29) is 5.82 Å². The average Bonchev–Trinajstić information content (AvgIpc) is 2.45. The van der Waals surface area contributed by atoms with Crippen LogP contribution in [0.2, 0.25) is 0 Å². The Morgan fingerprint density at radius 2 is 1.81 bits per heavy atom. The molecule has 21 heavy (non-hydrogen) atoms. The molecule has 2 rings (SSSR count). The van der Waals surface area contributed by atoms with E-state index in [1.807, 2.05) is 18.0 Å². The molecule has 0 unspecified atom stereocenters. The second kappa shape index (κ2) is 6.72. The van der Waals surface area contributed by atoms with E-state index in [4.69, 9.17) is 0 Å². The van der Waals surface area contributed by atoms with Crippen LogP contribution in [-0.2, 0) is 6.54 Å². The highest BCUT2D eigenvalue weighted by molar-refractivity contribution is 5.66. The molecule has 0 amide bonds. The molecular formula is C18H23FN2. The fourth-order valence-electron chi connectivity index (χ4n) is 2.35. The lowest BCUT2D eigenvalue weighted by Gasteiger charge is -2.24. The van der Waals surface area contributed by atoms with Crippen molar-refractivity contribution in [3.63, 3.8) is 0 Å². The van der Waals surface area contributed by atoms with Gasteiger partial charge in [0.1, 0.15) is 5.82 Å². The van der Waals surface area contributed by atoms with Gasteiger partial charge < -0.3 is 10.2 Å². The Kier molecular flexibility index (Phi) is 4.97. The Labute approximate surface area is 126 Å². The fraction of sp³-hybridized carbons (Fsp3) is 0.333. The van der Waals surface area contributed by atoms with E-state index < -0.39 is 0 Å². The zero-order valence-electron chi connectivity index (χ0n) is 13.2. The molecule has 0 saturated carbocycles. The van der Waals surface area contributed by atoms with Crippen molar-refractivity contribution in [3.8, 4) is 0 Å². The first kappa shape index (κ1) is 15.5. The van der Waals surface area contributed by atoms with Gasteiger partial charge in [0.25, 0.3) is 0 Å². The normalized spacial score (nSPS) is 11.0. The third-order valence-electron chi connectivity index (χ3n) is 3.51. The standard InChI is InChI=1S/C18H23FN2/c1-13(2)20-12-15-11-14(3)9-10-17(15)21(4)18-8-6-5-7-16(18)19/h5-11,13,20H,12H2,1-4H3. The molecule has 1 N–H and O–H groups in total. The number of nitrogens with zero attached hydrogens (tertiary/aromatic N) is 1. The molecular weight excluding hydrogens is 263 g/mol. The number of nitrogens with one attached hydrogen (secondary N) is 1. The first-order valence-corrected chi connectivity index (χ1v) is 7.30. The summed E-state index contributed by atoms with van der Waals surface area (Å²) in [5.74, 6) is -0.205. The van der Waals surface area contributed by atoms with Crippen LogP contribution in [0.1, 0.15) is 25.0 Å². The molecule has 0 atom stereocenters. The van der Waals surface area contributed by atoms with Gasteiger partial charge in [0.2, 0.25) is 0 Å². The first-order chi connectivity index (χ1) is 9.99. The summed E-state index contributed by atoms with van der Waals surface area (Å²) in [7, 11) is 1.90. The third-order valence-corrected chi connectivity index (χ3v) is 3.51. The van der Waals surface area contributed by atoms with E-state index in [1.165, 1.54) is 17.2 Å². The Bertz CT molecular complexity index is 608. The van der Waals surface area contributed by atoms with Crippen LogP contribution >= 0.6 is 0 Å². The van der Waals surface area contributed by atoms with Gasteiger partial charge in [0.05, 0.1) is 5.69 Å². The van der Waals surface area contributed by atoms with Crippen LogP contribution in [0, 0.1) is 12.7 Å². The number of benzene rings is 2. The Hall–Kier alpha value is -1.87. The summed E-state index contributed by atoms with van der Waals surface area (Å²) in [6.45, 7) is 7.09. The third kappa shape index (κ3) is 3.82. The molecule has 2 nitrogen and oxygen atoms in total. The summed E-state index contributed by atoms with van der Waals surface area (Å²) in [5.41, 5.74) is 4.00. The van der Waals surface area contributed by atoms with Crippen LogP contribution in [0.15, 0.2) is 42.5 Å². The predicted octanol–water partition coefficient (Wildman–Crippen LogP) is 4.40. The van der Waals surface area contributed by atoms with Gasteiger partial charge in [0.15, 0.2) is 0 Å². The van der Waals surface area contributed by atoms with E-state index in [0.29, 0.717) is 11.7 Å². The molecule has 112 valence electrons. The highest BCUT2D eigenvalue weighted by Gasteiger charge is 2.13. The minimum absolute atomic E-state index is 0.205. The average molecular weight is 286 g/mol. The SMILES string of the molecule is Cc1ccc(N(C)c2ccccc2F)c(CNC(C)C)c1. The van der Waals surface area contributed by atoms with E-state index >= 15 is 0 Å². The molecule has 3 heteroatoms. The maximum atomic E-state index is 14.0. The lowest BCUT2D eigenvalue weighted by atomic mass is 10.1. The van der Waals surface area contributed by atoms with E-state index in [9.17, 15) is 4.39 Å². The Balaban J connectivity index is 2.36. The first-order valence-electron chi connectivity index (χ1n) is 7.30. The monoisotopic (exact) mass is 286 g/mol. The van der Waals surface area contributed by atoms with Gasteiger partial charge in [-0.3, -0.25) is 0 Å². The van der Waals surface area contributed by atoms with Crippen LogP contribution in [0.5, 0.6) is 0 Å². The van der Waals surface area contributed by atoms with Crippen LogP contribution in [0.25, 0.3) is 0 Å². The summed E-state index contributed by atoms with van der Waals surface area (Å²) >= 11 is 0. The van der Waals surface area contributed by atoms with Gasteiger partial charge in [-0.1, -0.05) is 43.7 Å². The summed E-state index contributed by atoms with van der Waals surface area (Å²) in [6.07, 6.45) is 0. The number of aryl methyl sites for hydroxylation is 1. The van der Waals surface area contributed by atoms with Crippen LogP contribution in [-0.4, -0.2) is 13.1 Å². The zero-order chi connectivity index (χ0) is 15.4. The van der Waals surface area contributed by atoms with Gasteiger partial charge in [-0.05, 0) is 30.7 Å². The molecule has 0 bridgehead atoms. The van der Waals surface area contributed by atoms with Gasteiger partial charge in [0, 0.05) is 25.3 Å². The molecule has 0 spiro atoms. The van der Waals surface area contributed by atoms with Gasteiger partial charge >= 0.3 is 0 Å². The molecule has 0 aliphatic carbocycles. The summed E-state index contributed by atoms with van der Waals surface area (Å²) < 4.78 is 14.0. The minimum Gasteiger partial charge on any atom is -0.342 e. The smallest absolute Gasteiger partial charge is 0.146 e. The number of para-hydroxylation sites is 1. The molecule has 0 fully saturated rings. The van der Waals surface area contributed by atoms with Crippen LogP contribution < -0.4 is 10.2 Å². The molecule has 0 saturated heterocycles. The quantitative estimate of drug-likeness (QED) is 0.876. The minimum atomic E-state index is -0.205. The number of hydrogen-bond donors (Lipinski definition) is 1. The van der Waals surface area contributed by atoms with Gasteiger partial charge in [-0.25, -0.2) is 4.39 Å². The molecule has 0 aliphatic rings. The van der Waals surface area contributed by atoms with E-state index in [0.717, 1.165) is 12.2 Å². The topological polar surface area (TPSA) is 15.3 Å². The van der Waals surface area contributed by atoms with Gasteiger partial charge in [-0.15, -0.1) is 0 Å². The van der Waals surface area contributed by atoms with Crippen molar-refractivity contribution in [2.75, 3.05) is 11.9 Å². The summed E-state index contributed by atoms with van der Waals surface area (Å²) in [4.78, 5) is 1.91. The van der Waals surface area contributed by atoms with Crippen molar-refractivity contribution in [2.45, 2.75) is 33.4 Å². The van der Waals surface area contributed by atoms with E-state index in [2.05, 4.69) is 44.3 Å². The Morgan fingerprint density at radius 1 is 1.10 bits per heavy atom. The predicted molar refractivity (Wildman–Crippen MR) is 87.6 cm³/mol. The van der Waals surface area contributed by atoms with Crippen molar-refractivity contribution >= 4 is 11.4 Å². The van der Waals surface area contributed by atoms with Crippen molar-refractivity contribution in [1.29, 1.82) is 0 Å². The maximum absolute atomic E-state index is 14.0. The highest BCUT2D eigenvalue weighted by atomic mass is 19.1. The van der Waals surface area contributed by atoms with Crippen molar-refractivity contribution in [1.82, 2.24) is 5.32 Å².